The van der Waals surface area contributed by atoms with Crippen molar-refractivity contribution in [3.63, 3.8) is 0 Å². The van der Waals surface area contributed by atoms with E-state index in [2.05, 4.69) is 10.3 Å². The molecule has 1 heterocycles. The summed E-state index contributed by atoms with van der Waals surface area (Å²) in [4.78, 5) is 42.0. The summed E-state index contributed by atoms with van der Waals surface area (Å²) in [5.74, 6) is -0.211. The maximum atomic E-state index is 12.4. The number of nitrogens with one attached hydrogen (secondary N) is 1. The molecule has 5 nitrogen and oxygen atoms in total. The second-order valence-electron chi connectivity index (χ2n) is 8.03. The van der Waals surface area contributed by atoms with Gasteiger partial charge in [0, 0.05) is 24.8 Å². The molecular formula is C21H24N2O3S. The molecule has 6 heteroatoms. The highest BCUT2D eigenvalue weighted by molar-refractivity contribution is 7.17. The van der Waals surface area contributed by atoms with Gasteiger partial charge in [0.1, 0.15) is 0 Å². The van der Waals surface area contributed by atoms with Crippen molar-refractivity contribution in [1.29, 1.82) is 0 Å². The number of Topliss-reactive ketones (excluding diaryl/α,β-unsaturated/α-hetero) is 2. The van der Waals surface area contributed by atoms with Crippen LogP contribution in [-0.4, -0.2) is 22.5 Å². The number of ketones is 2. The number of hydrogen-bond donors (Lipinski definition) is 1. The molecular weight excluding hydrogens is 360 g/mol. The number of carbonyl (C=O) groups excluding carboxylic acids is 3. The molecule has 2 aromatic rings. The molecule has 0 radical (unpaired) electrons. The minimum absolute atomic E-state index is 0.0401. The second-order valence-corrected chi connectivity index (χ2v) is 9.02. The van der Waals surface area contributed by atoms with Crippen LogP contribution in [-0.2, 0) is 11.2 Å². The lowest BCUT2D eigenvalue weighted by molar-refractivity contribution is -0.116. The minimum Gasteiger partial charge on any atom is -0.302 e. The van der Waals surface area contributed by atoms with Gasteiger partial charge in [-0.1, -0.05) is 42.9 Å². The Hall–Kier alpha value is -2.34. The summed E-state index contributed by atoms with van der Waals surface area (Å²) in [7, 11) is 0. The first-order valence-corrected chi connectivity index (χ1v) is 9.89. The molecule has 0 saturated heterocycles. The zero-order valence-corrected chi connectivity index (χ0v) is 17.0. The number of aromatic nitrogens is 1. The van der Waals surface area contributed by atoms with Gasteiger partial charge in [0.15, 0.2) is 16.7 Å². The van der Waals surface area contributed by atoms with Crippen LogP contribution in [0.5, 0.6) is 0 Å². The van der Waals surface area contributed by atoms with Gasteiger partial charge in [-0.15, -0.1) is 0 Å². The Morgan fingerprint density at radius 2 is 1.93 bits per heavy atom. The van der Waals surface area contributed by atoms with E-state index in [1.807, 2.05) is 45.9 Å². The molecule has 1 aliphatic carbocycles. The lowest BCUT2D eigenvalue weighted by Crippen LogP contribution is -2.26. The molecule has 1 aromatic heterocycles. The van der Waals surface area contributed by atoms with E-state index in [0.717, 1.165) is 23.2 Å². The van der Waals surface area contributed by atoms with Crippen LogP contribution in [0.4, 0.5) is 5.13 Å². The predicted molar refractivity (Wildman–Crippen MR) is 107 cm³/mol. The molecule has 0 spiro atoms. The highest BCUT2D eigenvalue weighted by Gasteiger charge is 2.34. The average Bonchev–Trinajstić information content (AvgIpc) is 2.96. The Morgan fingerprint density at radius 3 is 2.67 bits per heavy atom. The number of carbonyl (C=O) groups is 3. The second kappa shape index (κ2) is 7.35. The third kappa shape index (κ3) is 4.50. The molecule has 27 heavy (non-hydrogen) atoms. The molecule has 0 unspecified atom stereocenters. The number of rotatable bonds is 5. The average molecular weight is 385 g/mol. The van der Waals surface area contributed by atoms with Crippen LogP contribution < -0.4 is 5.32 Å². The molecule has 142 valence electrons. The maximum Gasteiger partial charge on any atom is 0.226 e. The first-order chi connectivity index (χ1) is 12.6. The fourth-order valence-electron chi connectivity index (χ4n) is 3.35. The largest absolute Gasteiger partial charge is 0.302 e. The van der Waals surface area contributed by atoms with Crippen molar-refractivity contribution >= 4 is 33.9 Å². The molecule has 0 bridgehead atoms. The molecule has 0 aliphatic heterocycles. The van der Waals surface area contributed by atoms with E-state index in [-0.39, 0.29) is 35.7 Å². The first kappa shape index (κ1) is 19.4. The van der Waals surface area contributed by atoms with Crippen molar-refractivity contribution in [2.75, 3.05) is 5.32 Å². The smallest absolute Gasteiger partial charge is 0.226 e. The summed E-state index contributed by atoms with van der Waals surface area (Å²) in [6.45, 7) is 7.93. The van der Waals surface area contributed by atoms with Crippen molar-refractivity contribution in [3.8, 4) is 0 Å². The van der Waals surface area contributed by atoms with E-state index in [1.165, 1.54) is 11.3 Å². The van der Waals surface area contributed by atoms with E-state index in [4.69, 9.17) is 0 Å². The van der Waals surface area contributed by atoms with Gasteiger partial charge in [-0.05, 0) is 37.3 Å². The third-order valence-electron chi connectivity index (χ3n) is 4.75. The van der Waals surface area contributed by atoms with Crippen molar-refractivity contribution in [2.45, 2.75) is 53.4 Å². The standard InChI is InChI=1S/C21H24N2O3S/c1-12-5-6-13(2)14(9-12)16(24)7-8-18(26)23-20-22-15-10-21(3,4)11-17(25)19(15)27-20/h5-6,9H,7-8,10-11H2,1-4H3,(H,22,23,26). The molecule has 0 atom stereocenters. The minimum atomic E-state index is -0.258. The van der Waals surface area contributed by atoms with Gasteiger partial charge >= 0.3 is 0 Å². The Labute approximate surface area is 163 Å². The van der Waals surface area contributed by atoms with Gasteiger partial charge in [-0.3, -0.25) is 14.4 Å². The number of benzene rings is 1. The summed E-state index contributed by atoms with van der Waals surface area (Å²) < 4.78 is 0. The van der Waals surface area contributed by atoms with Gasteiger partial charge in [0.25, 0.3) is 0 Å². The first-order valence-electron chi connectivity index (χ1n) is 9.08. The maximum absolute atomic E-state index is 12.4. The van der Waals surface area contributed by atoms with Crippen LogP contribution in [0.25, 0.3) is 0 Å². The Bertz CT molecular complexity index is 928. The van der Waals surface area contributed by atoms with E-state index in [9.17, 15) is 14.4 Å². The molecule has 1 aromatic carbocycles. The summed E-state index contributed by atoms with van der Waals surface area (Å²) in [5.41, 5.74) is 3.27. The highest BCUT2D eigenvalue weighted by atomic mass is 32.1. The lowest BCUT2D eigenvalue weighted by atomic mass is 9.78. The summed E-state index contributed by atoms with van der Waals surface area (Å²) in [6.07, 6.45) is 1.47. The third-order valence-corrected chi connectivity index (χ3v) is 5.81. The Morgan fingerprint density at radius 1 is 1.19 bits per heavy atom. The molecule has 3 rings (SSSR count). The number of nitrogens with zero attached hydrogens (tertiary/aromatic N) is 1. The predicted octanol–water partition coefficient (Wildman–Crippen LogP) is 4.52. The molecule has 1 amide bonds. The number of fused-ring (bicyclic) bond motifs is 1. The van der Waals surface area contributed by atoms with Gasteiger partial charge in [0.05, 0.1) is 10.6 Å². The Kier molecular flexibility index (Phi) is 5.29. The van der Waals surface area contributed by atoms with Crippen LogP contribution in [0.15, 0.2) is 18.2 Å². The number of aryl methyl sites for hydroxylation is 2. The van der Waals surface area contributed by atoms with Crippen molar-refractivity contribution < 1.29 is 14.4 Å². The molecule has 0 saturated carbocycles. The monoisotopic (exact) mass is 384 g/mol. The SMILES string of the molecule is Cc1ccc(C)c(C(=O)CCC(=O)Nc2nc3c(s2)C(=O)CC(C)(C)C3)c1. The van der Waals surface area contributed by atoms with Crippen molar-refractivity contribution in [3.05, 3.63) is 45.5 Å². The zero-order valence-electron chi connectivity index (χ0n) is 16.1. The van der Waals surface area contributed by atoms with Crippen LogP contribution in [0, 0.1) is 19.3 Å². The normalized spacial score (nSPS) is 15.3. The van der Waals surface area contributed by atoms with Gasteiger partial charge in [-0.25, -0.2) is 4.98 Å². The summed E-state index contributed by atoms with van der Waals surface area (Å²) in [6, 6.07) is 5.74. The van der Waals surface area contributed by atoms with E-state index < -0.39 is 0 Å². The zero-order chi connectivity index (χ0) is 19.8. The molecule has 1 N–H and O–H groups in total. The van der Waals surface area contributed by atoms with E-state index >= 15 is 0 Å². The van der Waals surface area contributed by atoms with E-state index in [0.29, 0.717) is 22.0 Å². The fourth-order valence-corrected chi connectivity index (χ4v) is 4.29. The molecule has 0 fully saturated rings. The fraction of sp³-hybridized carbons (Fsp3) is 0.429. The number of anilines is 1. The highest BCUT2D eigenvalue weighted by Crippen LogP contribution is 2.38. The van der Waals surface area contributed by atoms with Crippen LogP contribution in [0.1, 0.15) is 70.0 Å². The molecule has 1 aliphatic rings. The topological polar surface area (TPSA) is 76.1 Å². The lowest BCUT2D eigenvalue weighted by Gasteiger charge is -2.26. The number of hydrogen-bond acceptors (Lipinski definition) is 5. The van der Waals surface area contributed by atoms with Gasteiger partial charge < -0.3 is 5.32 Å². The summed E-state index contributed by atoms with van der Waals surface area (Å²) in [5, 5.41) is 3.18. The number of thiazole rings is 1. The van der Waals surface area contributed by atoms with Gasteiger partial charge in [0.2, 0.25) is 5.91 Å². The van der Waals surface area contributed by atoms with Crippen LogP contribution in [0.3, 0.4) is 0 Å². The van der Waals surface area contributed by atoms with Crippen LogP contribution >= 0.6 is 11.3 Å². The Balaban J connectivity index is 1.61. The van der Waals surface area contributed by atoms with E-state index in [1.54, 1.807) is 0 Å². The van der Waals surface area contributed by atoms with Gasteiger partial charge in [-0.2, -0.15) is 0 Å². The number of amides is 1. The van der Waals surface area contributed by atoms with Crippen LogP contribution in [0.2, 0.25) is 0 Å². The quantitative estimate of drug-likeness (QED) is 0.769. The van der Waals surface area contributed by atoms with Crippen molar-refractivity contribution in [2.24, 2.45) is 5.41 Å². The van der Waals surface area contributed by atoms with Crippen molar-refractivity contribution in [1.82, 2.24) is 4.98 Å². The summed E-state index contributed by atoms with van der Waals surface area (Å²) >= 11 is 1.23.